The number of rotatable bonds is 22. The van der Waals surface area contributed by atoms with Crippen LogP contribution in [0.15, 0.2) is 11.6 Å². The number of esters is 2. The number of carboxylic acids is 1. The minimum atomic E-state index is -2.30. The van der Waals surface area contributed by atoms with Gasteiger partial charge in [0.25, 0.3) is 0 Å². The van der Waals surface area contributed by atoms with E-state index in [9.17, 15) is 127 Å². The van der Waals surface area contributed by atoms with Gasteiger partial charge in [0, 0.05) is 6.92 Å². The first-order valence-corrected chi connectivity index (χ1v) is 41.9. The van der Waals surface area contributed by atoms with Gasteiger partial charge in [-0.05, 0) is 118 Å². The third-order valence-electron chi connectivity index (χ3n) is 29.6. The standard InChI is InChI=1S/C79H124O43/c1-26-40(86)46(92)51(97)66(108-26)117-59-55(101)61(64(103)104)119-72(63(59)120-68-53(99)48(94)44(90)34(22-81)112-68)114-39-14-15-75(7)36(76(39,8)25-82)13-16-77(9)37(75)12-11-30-31-19-74(5,6)17-18-79(31,38(85)20-78(30,77)10)73(105)122-71-62(58(41(87)27(2)109-71)116-69-54(100)49(95)45(91)35(113-69)24-106-29(4)83)121-70-56(102)60(118-67-52(98)47(93)43(89)33(21-80)111-67)57(28(3)110-70)115-65-50(96)42(88)32(84)23-107-65/h11,25-28,31-63,65-72,80-81,84-102H,12-24H2,1-10H3,(H,103,104)/t26-,27+,28-,31-,32+,33+,34+,35+,36+,37+,38+,39-,40-,41-,42-,43+,44-,45+,46+,47-,48-,49-,50+,51+,52+,53+,54+,55-,56+,57-,58-,59-,60-,61-,62+,63+,65-,66-,67-,68-,69-,70-,71-,72+,75-,76-,77+,78+,79+/m0/s1. The van der Waals surface area contributed by atoms with Crippen molar-refractivity contribution in [2.24, 2.45) is 50.2 Å². The molecule has 22 N–H and O–H groups in total. The molecular weight excluding hydrogens is 1640 g/mol. The first-order valence-electron chi connectivity index (χ1n) is 41.9. The van der Waals surface area contributed by atoms with E-state index in [1.165, 1.54) is 20.8 Å². The van der Waals surface area contributed by atoms with Crippen LogP contribution in [0.25, 0.3) is 0 Å². The van der Waals surface area contributed by atoms with Crippen LogP contribution in [0.1, 0.15) is 127 Å². The lowest BCUT2D eigenvalue weighted by atomic mass is 9.33. The molecule has 0 aromatic heterocycles. The second kappa shape index (κ2) is 36.6. The molecule has 5 aliphatic carbocycles. The Kier molecular flexibility index (Phi) is 28.8. The molecule has 698 valence electrons. The van der Waals surface area contributed by atoms with Gasteiger partial charge in [0.05, 0.1) is 55.8 Å². The largest absolute Gasteiger partial charge is 0.479 e. The predicted octanol–water partition coefficient (Wildman–Crippen LogP) is -8.20. The summed E-state index contributed by atoms with van der Waals surface area (Å²) in [5.74, 6) is -5.42. The van der Waals surface area contributed by atoms with Crippen LogP contribution < -0.4 is 0 Å². The molecule has 0 spiro atoms. The van der Waals surface area contributed by atoms with Crippen LogP contribution in [-0.2, 0) is 99.7 Å². The van der Waals surface area contributed by atoms with Gasteiger partial charge in [0.15, 0.2) is 56.2 Å². The zero-order valence-corrected chi connectivity index (χ0v) is 69.2. The Morgan fingerprint density at radius 1 is 0.459 bits per heavy atom. The average molecular weight is 1760 g/mol. The number of carbonyl (C=O) groups excluding carboxylic acids is 3. The van der Waals surface area contributed by atoms with E-state index in [1.54, 1.807) is 6.92 Å². The van der Waals surface area contributed by atoms with Crippen molar-refractivity contribution in [2.75, 3.05) is 26.4 Å². The van der Waals surface area contributed by atoms with E-state index in [4.69, 9.17) is 80.5 Å². The Labute approximate surface area is 700 Å². The number of allylic oxidation sites excluding steroid dienone is 2. The summed E-state index contributed by atoms with van der Waals surface area (Å²) < 4.78 is 104. The van der Waals surface area contributed by atoms with Crippen molar-refractivity contribution in [1.82, 2.24) is 0 Å². The summed E-state index contributed by atoms with van der Waals surface area (Å²) >= 11 is 0. The fourth-order valence-corrected chi connectivity index (χ4v) is 22.1. The second-order valence-corrected chi connectivity index (χ2v) is 37.4. The SMILES string of the molecule is CC(=O)OC[C@H]1O[C@@H](O[C@H]2[C@@H](O)[C@@H](C)O[C@@H](OC(=O)[C@]34CCC(C)(C)C[C@H]3C3=CC[C@@H]5[C@@]6(C)CC[C@H](O[C@@H]7O[C@H](C(=O)O)[C@@H](O)[C@H](O[C@@H]8O[C@@H](C)[C@H](O)[C@@H](O)[C@H]8O)[C@H]7O[C@@H]7O[C@H](CO)[C@H](O)[C@H](O)[C@H]7O)[C@@](C)(C=O)[C@@H]6CC[C@@]5(C)[C@]3(C)C[C@H]4O)[C@@H]2O[C@@H]2O[C@@H](C)[C@H](O[C@@H]3OC[C@@H](O)[C@H](O)[C@H]3O)[C@@H](O[C@@H]3O[C@H](CO)[C@@H](O)[C@H](O)[C@H]3O)[C@H]2O)[C@H](O)[C@@H](O)[C@@H]1O. The average Bonchev–Trinajstić information content (AvgIpc) is 0.668. The lowest BCUT2D eigenvalue weighted by Gasteiger charge is -2.71. The van der Waals surface area contributed by atoms with Gasteiger partial charge in [-0.3, -0.25) is 9.59 Å². The summed E-state index contributed by atoms with van der Waals surface area (Å²) in [5.41, 5.74) is -5.68. The molecule has 8 saturated heterocycles. The van der Waals surface area contributed by atoms with E-state index in [1.807, 2.05) is 20.8 Å². The van der Waals surface area contributed by atoms with Crippen LogP contribution in [-0.4, -0.2) is 415 Å². The molecule has 13 rings (SSSR count). The van der Waals surface area contributed by atoms with E-state index >= 15 is 4.79 Å². The third kappa shape index (κ3) is 16.9. The highest BCUT2D eigenvalue weighted by molar-refractivity contribution is 5.80. The summed E-state index contributed by atoms with van der Waals surface area (Å²) in [7, 11) is 0. The zero-order chi connectivity index (χ0) is 89.3. The zero-order valence-electron chi connectivity index (χ0n) is 69.2. The quantitative estimate of drug-likeness (QED) is 0.0207. The van der Waals surface area contributed by atoms with Crippen LogP contribution in [0.5, 0.6) is 0 Å². The van der Waals surface area contributed by atoms with Crippen LogP contribution >= 0.6 is 0 Å². The fourth-order valence-electron chi connectivity index (χ4n) is 22.1. The maximum Gasteiger partial charge on any atom is 0.335 e. The number of fused-ring (bicyclic) bond motifs is 7. The van der Waals surface area contributed by atoms with Crippen LogP contribution in [0.3, 0.4) is 0 Å². The predicted molar refractivity (Wildman–Crippen MR) is 395 cm³/mol. The van der Waals surface area contributed by atoms with Gasteiger partial charge in [-0.15, -0.1) is 0 Å². The normalized spacial score (nSPS) is 54.0. The van der Waals surface area contributed by atoms with Gasteiger partial charge in [-0.2, -0.15) is 0 Å². The molecule has 0 aromatic rings. The number of carbonyl (C=O) groups is 4. The summed E-state index contributed by atoms with van der Waals surface area (Å²) in [6, 6.07) is 0. The van der Waals surface area contributed by atoms with Gasteiger partial charge in [-0.1, -0.05) is 53.2 Å². The molecule has 13 aliphatic rings. The van der Waals surface area contributed by atoms with Gasteiger partial charge < -0.3 is 198 Å². The van der Waals surface area contributed by atoms with Gasteiger partial charge in [0.2, 0.25) is 6.29 Å². The number of aliphatic hydroxyl groups is 21. The Morgan fingerprint density at radius 3 is 1.49 bits per heavy atom. The topological polar surface area (TPSA) is 670 Å². The summed E-state index contributed by atoms with van der Waals surface area (Å²) in [6.07, 6.45) is -73.6. The van der Waals surface area contributed by atoms with E-state index in [0.717, 1.165) is 18.8 Å². The van der Waals surface area contributed by atoms with Crippen LogP contribution in [0.4, 0.5) is 0 Å². The molecule has 43 nitrogen and oxygen atoms in total. The molecule has 122 heavy (non-hydrogen) atoms. The molecule has 0 radical (unpaired) electrons. The van der Waals surface area contributed by atoms with Crippen LogP contribution in [0, 0.1) is 50.2 Å². The summed E-state index contributed by atoms with van der Waals surface area (Å²) in [5, 5.41) is 247. The lowest BCUT2D eigenvalue weighted by molar-refractivity contribution is -0.404. The molecule has 49 atom stereocenters. The smallest absolute Gasteiger partial charge is 0.335 e. The van der Waals surface area contributed by atoms with Crippen molar-refractivity contribution in [3.05, 3.63) is 11.6 Å². The number of aliphatic carboxylic acids is 1. The third-order valence-corrected chi connectivity index (χ3v) is 29.6. The minimum Gasteiger partial charge on any atom is -0.479 e. The van der Waals surface area contributed by atoms with Crippen molar-refractivity contribution < 1.29 is 212 Å². The van der Waals surface area contributed by atoms with Crippen molar-refractivity contribution >= 4 is 24.2 Å². The van der Waals surface area contributed by atoms with Gasteiger partial charge in [-0.25, -0.2) is 4.79 Å². The molecule has 0 bridgehead atoms. The van der Waals surface area contributed by atoms with Crippen molar-refractivity contribution in [1.29, 1.82) is 0 Å². The molecule has 0 amide bonds. The fraction of sp³-hybridized carbons (Fsp3) is 0.924. The Bertz CT molecular complexity index is 3640. The van der Waals surface area contributed by atoms with Crippen LogP contribution in [0.2, 0.25) is 0 Å². The van der Waals surface area contributed by atoms with E-state index in [2.05, 4.69) is 19.9 Å². The molecule has 8 aliphatic heterocycles. The Morgan fingerprint density at radius 2 is 0.934 bits per heavy atom. The van der Waals surface area contributed by atoms with Crippen molar-refractivity contribution in [3.8, 4) is 0 Å². The van der Waals surface area contributed by atoms with E-state index in [0.29, 0.717) is 32.1 Å². The van der Waals surface area contributed by atoms with Crippen molar-refractivity contribution in [2.45, 2.75) is 379 Å². The highest BCUT2D eigenvalue weighted by Gasteiger charge is 2.74. The highest BCUT2D eigenvalue weighted by Crippen LogP contribution is 2.76. The minimum absolute atomic E-state index is 0.0177. The number of aldehydes is 1. The summed E-state index contributed by atoms with van der Waals surface area (Å²) in [4.78, 5) is 56.2. The number of ether oxygens (including phenoxy) is 17. The first kappa shape index (κ1) is 95.9. The van der Waals surface area contributed by atoms with Gasteiger partial charge >= 0.3 is 17.9 Å². The number of hydrogen-bond donors (Lipinski definition) is 22. The highest BCUT2D eigenvalue weighted by atomic mass is 16.8. The number of aliphatic hydroxyl groups excluding tert-OH is 21. The van der Waals surface area contributed by atoms with E-state index in [-0.39, 0.29) is 31.6 Å². The van der Waals surface area contributed by atoms with Gasteiger partial charge in [0.1, 0.15) is 177 Å². The number of carboxylic acid groups (broad SMARTS) is 1. The lowest BCUT2D eigenvalue weighted by Crippen LogP contribution is -2.70. The first-order chi connectivity index (χ1) is 57.2. The number of hydrogen-bond acceptors (Lipinski definition) is 42. The maximum absolute atomic E-state index is 16.5. The maximum atomic E-state index is 16.5. The molecule has 43 heteroatoms. The monoisotopic (exact) mass is 1760 g/mol. The van der Waals surface area contributed by atoms with Crippen molar-refractivity contribution in [3.63, 3.8) is 0 Å². The molecule has 0 unspecified atom stereocenters. The Balaban J connectivity index is 0.819. The molecule has 4 saturated carbocycles. The second-order valence-electron chi connectivity index (χ2n) is 37.4. The Hall–Kier alpha value is -3.62. The summed E-state index contributed by atoms with van der Waals surface area (Å²) in [6.45, 7) is 13.8. The molecule has 0 aromatic carbocycles. The van der Waals surface area contributed by atoms with E-state index < -0.39 is 340 Å². The molecule has 12 fully saturated rings. The molecular formula is C79H124O43. The molecule has 8 heterocycles.